The van der Waals surface area contributed by atoms with Crippen LogP contribution in [0.25, 0.3) is 10.1 Å². The summed E-state index contributed by atoms with van der Waals surface area (Å²) in [6.07, 6.45) is 19.8. The number of hydrogen-bond donors (Lipinski definition) is 0. The van der Waals surface area contributed by atoms with E-state index in [1.54, 1.807) is 10.1 Å². The molecule has 37 heavy (non-hydrogen) atoms. The van der Waals surface area contributed by atoms with Crippen LogP contribution in [0.4, 0.5) is 17.3 Å². The quantitative estimate of drug-likeness (QED) is 0.130. The maximum Gasteiger partial charge on any atom is 0.673 e. The molecule has 0 bridgehead atoms. The molecule has 0 saturated carbocycles. The third kappa shape index (κ3) is 9.81. The van der Waals surface area contributed by atoms with Gasteiger partial charge in [-0.2, -0.15) is 0 Å². The van der Waals surface area contributed by atoms with Crippen LogP contribution >= 0.6 is 27.2 Å². The fraction of sp³-hybridized carbons (Fsp3) is 0.571. The maximum atomic E-state index is 9.75. The summed E-state index contributed by atoms with van der Waals surface area (Å²) in [5.74, 6) is 0. The summed E-state index contributed by atoms with van der Waals surface area (Å²) in [4.78, 5) is 0. The van der Waals surface area contributed by atoms with Crippen molar-refractivity contribution in [1.82, 2.24) is 0 Å². The first-order valence-corrected chi connectivity index (χ1v) is 17.1. The van der Waals surface area contributed by atoms with E-state index in [4.69, 9.17) is 0 Å². The van der Waals surface area contributed by atoms with Crippen molar-refractivity contribution in [3.05, 3.63) is 48.6 Å². The zero-order chi connectivity index (χ0) is 26.3. The Morgan fingerprint density at radius 1 is 0.676 bits per heavy atom. The van der Waals surface area contributed by atoms with Gasteiger partial charge >= 0.3 is 7.25 Å². The molecule has 0 nitrogen and oxygen atoms in total. The molecule has 0 unspecified atom stereocenters. The topological polar surface area (TPSA) is 0 Å². The third-order valence-electron chi connectivity index (χ3n) is 7.28. The van der Waals surface area contributed by atoms with Crippen LogP contribution in [0.3, 0.4) is 0 Å². The summed E-state index contributed by atoms with van der Waals surface area (Å²) in [6, 6.07) is 9.29. The molecule has 3 heterocycles. The smallest absolute Gasteiger partial charge is 0.418 e. The SMILES string of the molecule is C1=CCC/C=C\CC1.C[C@@H]1CC[C@@H](C)P1c1sc2ccccc2c1P1[C@H](C)CC[C@H]1C.F[B-](F)(F)F.[Rh]. The van der Waals surface area contributed by atoms with Gasteiger partial charge in [-0.15, -0.1) is 11.3 Å². The average molecular weight is 660 g/mol. The Morgan fingerprint density at radius 2 is 1.05 bits per heavy atom. The van der Waals surface area contributed by atoms with E-state index in [0.717, 1.165) is 22.6 Å². The van der Waals surface area contributed by atoms with Gasteiger partial charge in [-0.1, -0.05) is 86.0 Å². The Kier molecular flexibility index (Phi) is 14.0. The molecule has 5 rings (SSSR count). The maximum absolute atomic E-state index is 9.75. The number of halogens is 4. The summed E-state index contributed by atoms with van der Waals surface area (Å²) >= 11 is 2.16. The van der Waals surface area contributed by atoms with E-state index in [9.17, 15) is 17.3 Å². The molecular formula is C28H40BF4P2RhS-. The number of benzene rings is 1. The monoisotopic (exact) mass is 660 g/mol. The molecule has 1 aromatic carbocycles. The second-order valence-corrected chi connectivity index (χ2v) is 17.6. The summed E-state index contributed by atoms with van der Waals surface area (Å²) in [5.41, 5.74) is 3.69. The molecule has 1 aromatic heterocycles. The van der Waals surface area contributed by atoms with Crippen molar-refractivity contribution >= 4 is 54.4 Å². The first-order chi connectivity index (χ1) is 17.1. The number of allylic oxidation sites excluding steroid dienone is 4. The van der Waals surface area contributed by atoms with Crippen molar-refractivity contribution in [2.24, 2.45) is 0 Å². The number of fused-ring (bicyclic) bond motifs is 1. The van der Waals surface area contributed by atoms with E-state index in [-0.39, 0.29) is 35.3 Å². The molecular weight excluding hydrogens is 620 g/mol. The van der Waals surface area contributed by atoms with Gasteiger partial charge in [0, 0.05) is 39.5 Å². The van der Waals surface area contributed by atoms with Crippen LogP contribution in [0.15, 0.2) is 48.6 Å². The minimum Gasteiger partial charge on any atom is -0.418 e. The van der Waals surface area contributed by atoms with Gasteiger partial charge in [0.2, 0.25) is 0 Å². The Labute approximate surface area is 240 Å². The predicted octanol–water partition coefficient (Wildman–Crippen LogP) is 10.2. The molecule has 2 aromatic rings. The van der Waals surface area contributed by atoms with Crippen LogP contribution in [0.2, 0.25) is 0 Å². The summed E-state index contributed by atoms with van der Waals surface area (Å²) in [5, 5.41) is 3.47. The van der Waals surface area contributed by atoms with Gasteiger partial charge < -0.3 is 17.3 Å². The van der Waals surface area contributed by atoms with E-state index < -0.39 is 7.25 Å². The van der Waals surface area contributed by atoms with Gasteiger partial charge in [0.25, 0.3) is 0 Å². The molecule has 0 amide bonds. The van der Waals surface area contributed by atoms with Crippen LogP contribution in [0.1, 0.15) is 79.1 Å². The molecule has 3 aliphatic rings. The number of thiophene rings is 1. The molecule has 209 valence electrons. The molecule has 2 saturated heterocycles. The van der Waals surface area contributed by atoms with Gasteiger partial charge in [-0.3, -0.25) is 0 Å². The van der Waals surface area contributed by atoms with Gasteiger partial charge in [0.1, 0.15) is 0 Å². The van der Waals surface area contributed by atoms with Crippen LogP contribution in [-0.4, -0.2) is 29.9 Å². The van der Waals surface area contributed by atoms with E-state index in [2.05, 4.69) is 87.6 Å². The van der Waals surface area contributed by atoms with Gasteiger partial charge in [-0.05, 0) is 80.1 Å². The van der Waals surface area contributed by atoms with Crippen molar-refractivity contribution < 1.29 is 36.7 Å². The van der Waals surface area contributed by atoms with Gasteiger partial charge in [0.05, 0.1) is 0 Å². The Bertz CT molecular complexity index is 973. The summed E-state index contributed by atoms with van der Waals surface area (Å²) in [6.45, 7) is 10.1. The molecule has 0 spiro atoms. The van der Waals surface area contributed by atoms with Crippen LogP contribution in [-0.2, 0) is 19.5 Å². The Morgan fingerprint density at radius 3 is 1.49 bits per heavy atom. The minimum absolute atomic E-state index is 0. The second kappa shape index (κ2) is 15.6. The molecule has 1 aliphatic carbocycles. The fourth-order valence-corrected chi connectivity index (χ4v) is 15.6. The minimum atomic E-state index is -6.00. The number of hydrogen-bond acceptors (Lipinski definition) is 1. The van der Waals surface area contributed by atoms with Crippen molar-refractivity contribution in [3.8, 4) is 0 Å². The number of rotatable bonds is 2. The zero-order valence-electron chi connectivity index (χ0n) is 22.3. The van der Waals surface area contributed by atoms with Crippen molar-refractivity contribution in [1.29, 1.82) is 0 Å². The van der Waals surface area contributed by atoms with Crippen LogP contribution in [0.5, 0.6) is 0 Å². The molecule has 4 atom stereocenters. The third-order valence-corrected chi connectivity index (χ3v) is 16.0. The Hall–Kier alpha value is -0.0717. The van der Waals surface area contributed by atoms with Gasteiger partial charge in [-0.25, -0.2) is 0 Å². The van der Waals surface area contributed by atoms with Gasteiger partial charge in [0.15, 0.2) is 0 Å². The van der Waals surface area contributed by atoms with E-state index in [1.165, 1.54) is 51.4 Å². The largest absolute Gasteiger partial charge is 0.673 e. The normalized spacial score (nSPS) is 27.4. The van der Waals surface area contributed by atoms with E-state index >= 15 is 0 Å². The fourth-order valence-electron chi connectivity index (χ4n) is 5.53. The summed E-state index contributed by atoms with van der Waals surface area (Å²) in [7, 11) is -5.92. The molecule has 9 heteroatoms. The van der Waals surface area contributed by atoms with E-state index in [1.807, 2.05) is 9.92 Å². The predicted molar refractivity (Wildman–Crippen MR) is 158 cm³/mol. The van der Waals surface area contributed by atoms with Crippen molar-refractivity contribution in [3.63, 3.8) is 0 Å². The first-order valence-electron chi connectivity index (χ1n) is 13.3. The zero-order valence-corrected chi connectivity index (χ0v) is 26.6. The Balaban J connectivity index is 0.000000286. The van der Waals surface area contributed by atoms with E-state index in [0.29, 0.717) is 0 Å². The van der Waals surface area contributed by atoms with Crippen molar-refractivity contribution in [2.75, 3.05) is 0 Å². The van der Waals surface area contributed by atoms with Crippen LogP contribution in [0, 0.1) is 0 Å². The molecule has 1 radical (unpaired) electrons. The van der Waals surface area contributed by atoms with Crippen LogP contribution < -0.4 is 9.92 Å². The average Bonchev–Trinajstić information content (AvgIpc) is 3.41. The summed E-state index contributed by atoms with van der Waals surface area (Å²) < 4.78 is 42.4. The molecule has 2 fully saturated rings. The molecule has 0 N–H and O–H groups in total. The standard InChI is InChI=1S/C20H28P2S.C8H12.BF4.Rh/c1-13-9-10-14(2)21(13)19-17-7-5-6-8-18(17)23-20(19)22-15(3)11-12-16(22)4;1-2-4-6-8-7-5-3-1;2-1(3,4)5;/h5-8,13-16H,9-12H2,1-4H3;1-2,7-8H,3-6H2;;/q;;-1;/b;2-1-,8-7?;;/t13-,14-,15-,16-;;;/m1.../s1. The molecule has 2 aliphatic heterocycles. The van der Waals surface area contributed by atoms with Crippen molar-refractivity contribution in [2.45, 2.75) is 102 Å². The second-order valence-electron chi connectivity index (χ2n) is 10.2. The first kappa shape index (κ1) is 33.1.